The van der Waals surface area contributed by atoms with Gasteiger partial charge in [-0.2, -0.15) is 4.72 Å². The van der Waals surface area contributed by atoms with Crippen LogP contribution in [0.1, 0.15) is 25.0 Å². The van der Waals surface area contributed by atoms with E-state index < -0.39 is 39.7 Å². The molecular formula is C23H27NO7S. The minimum atomic E-state index is -4.20. The number of ether oxygens (including phenoxy) is 2. The van der Waals surface area contributed by atoms with E-state index in [1.807, 2.05) is 0 Å². The van der Waals surface area contributed by atoms with Crippen molar-refractivity contribution in [3.8, 4) is 0 Å². The molecule has 0 radical (unpaired) electrons. The quantitative estimate of drug-likeness (QED) is 0.403. The standard InChI is InChI=1S/C23H27NO7S/c1-4-30-22(26)20(24-32(28,29)18-13-11-16(3)12-14-18)19(21(25)23(27)31-5-2)15-17-9-7-6-8-10-17/h6-14,19-20,24H,4-5,15H2,1-3H3/t19-,20+/m0/s1. The van der Waals surface area contributed by atoms with E-state index in [2.05, 4.69) is 4.72 Å². The summed E-state index contributed by atoms with van der Waals surface area (Å²) in [5, 5.41) is 0. The SMILES string of the molecule is CCOC(=O)C(=O)[C@@H](Cc1ccccc1)[C@@H](NS(=O)(=O)c1ccc(C)cc1)C(=O)OCC. The van der Waals surface area contributed by atoms with Crippen molar-refractivity contribution in [1.29, 1.82) is 0 Å². The van der Waals surface area contributed by atoms with E-state index in [4.69, 9.17) is 9.47 Å². The second-order valence-electron chi connectivity index (χ2n) is 7.04. The Hall–Kier alpha value is -3.04. The van der Waals surface area contributed by atoms with Crippen LogP contribution in [0.3, 0.4) is 0 Å². The number of nitrogens with one attached hydrogen (secondary N) is 1. The molecule has 9 heteroatoms. The number of carbonyl (C=O) groups excluding carboxylic acids is 3. The molecule has 0 amide bonds. The lowest BCUT2D eigenvalue weighted by Gasteiger charge is -2.25. The van der Waals surface area contributed by atoms with Gasteiger partial charge in [0.25, 0.3) is 0 Å². The Bertz CT molecular complexity index is 1030. The van der Waals surface area contributed by atoms with Crippen LogP contribution in [-0.2, 0) is 40.3 Å². The third-order valence-corrected chi connectivity index (χ3v) is 6.13. The highest BCUT2D eigenvalue weighted by Crippen LogP contribution is 2.20. The van der Waals surface area contributed by atoms with Crippen molar-refractivity contribution in [3.05, 3.63) is 65.7 Å². The first-order valence-corrected chi connectivity index (χ1v) is 11.7. The second-order valence-corrected chi connectivity index (χ2v) is 8.76. The average Bonchev–Trinajstić information content (AvgIpc) is 2.77. The summed E-state index contributed by atoms with van der Waals surface area (Å²) in [6, 6.07) is 13.0. The number of esters is 2. The molecule has 0 saturated carbocycles. The first-order valence-electron chi connectivity index (χ1n) is 10.2. The molecule has 2 rings (SSSR count). The molecule has 172 valence electrons. The summed E-state index contributed by atoms with van der Waals surface area (Å²) in [6.45, 7) is 4.83. The van der Waals surface area contributed by atoms with Gasteiger partial charge in [-0.05, 0) is 44.9 Å². The lowest BCUT2D eigenvalue weighted by atomic mass is 9.88. The van der Waals surface area contributed by atoms with Gasteiger partial charge in [-0.3, -0.25) is 9.59 Å². The van der Waals surface area contributed by atoms with Crippen LogP contribution >= 0.6 is 0 Å². The molecule has 0 aromatic heterocycles. The van der Waals surface area contributed by atoms with Gasteiger partial charge in [0.2, 0.25) is 15.8 Å². The zero-order valence-corrected chi connectivity index (χ0v) is 19.1. The fourth-order valence-corrected chi connectivity index (χ4v) is 4.29. The predicted molar refractivity (Wildman–Crippen MR) is 117 cm³/mol. The second kappa shape index (κ2) is 11.5. The van der Waals surface area contributed by atoms with Gasteiger partial charge in [0.05, 0.1) is 24.0 Å². The highest BCUT2D eigenvalue weighted by atomic mass is 32.2. The molecule has 0 aliphatic heterocycles. The number of sulfonamides is 1. The van der Waals surface area contributed by atoms with Gasteiger partial charge >= 0.3 is 11.9 Å². The number of hydrogen-bond donors (Lipinski definition) is 1. The molecule has 2 atom stereocenters. The molecule has 0 heterocycles. The first kappa shape index (κ1) is 25.2. The number of ketones is 1. The first-order chi connectivity index (χ1) is 15.2. The van der Waals surface area contributed by atoms with Crippen LogP contribution in [0.5, 0.6) is 0 Å². The molecule has 2 aromatic carbocycles. The minimum absolute atomic E-state index is 0.0345. The summed E-state index contributed by atoms with van der Waals surface area (Å²) in [5.74, 6) is -4.48. The summed E-state index contributed by atoms with van der Waals surface area (Å²) in [4.78, 5) is 37.9. The maximum absolute atomic E-state index is 13.0. The van der Waals surface area contributed by atoms with Crippen LogP contribution < -0.4 is 4.72 Å². The number of benzene rings is 2. The molecular weight excluding hydrogens is 434 g/mol. The van der Waals surface area contributed by atoms with Gasteiger partial charge < -0.3 is 9.47 Å². The van der Waals surface area contributed by atoms with Gasteiger partial charge in [0, 0.05) is 0 Å². The zero-order chi connectivity index (χ0) is 23.7. The summed E-state index contributed by atoms with van der Waals surface area (Å²) < 4.78 is 38.1. The van der Waals surface area contributed by atoms with Gasteiger partial charge in [-0.15, -0.1) is 0 Å². The van der Waals surface area contributed by atoms with Gasteiger partial charge in [-0.1, -0.05) is 48.0 Å². The topological polar surface area (TPSA) is 116 Å². The Labute approximate surface area is 188 Å². The molecule has 1 N–H and O–H groups in total. The predicted octanol–water partition coefficient (Wildman–Crippen LogP) is 2.20. The Kier molecular flexibility index (Phi) is 9.10. The number of Topliss-reactive ketones (excluding diaryl/α,β-unsaturated/α-hetero) is 1. The molecule has 2 aromatic rings. The van der Waals surface area contributed by atoms with Crippen LogP contribution in [0.25, 0.3) is 0 Å². The largest absolute Gasteiger partial charge is 0.465 e. The zero-order valence-electron chi connectivity index (χ0n) is 18.2. The summed E-state index contributed by atoms with van der Waals surface area (Å²) >= 11 is 0. The minimum Gasteiger partial charge on any atom is -0.465 e. The molecule has 0 unspecified atom stereocenters. The molecule has 8 nitrogen and oxygen atoms in total. The third kappa shape index (κ3) is 6.73. The summed E-state index contributed by atoms with van der Waals surface area (Å²) in [7, 11) is -4.20. The van der Waals surface area contributed by atoms with Crippen LogP contribution in [0, 0.1) is 12.8 Å². The summed E-state index contributed by atoms with van der Waals surface area (Å²) in [6.07, 6.45) is -0.0710. The number of carbonyl (C=O) groups is 3. The highest BCUT2D eigenvalue weighted by molar-refractivity contribution is 7.89. The van der Waals surface area contributed by atoms with E-state index in [9.17, 15) is 22.8 Å². The molecule has 0 saturated heterocycles. The monoisotopic (exact) mass is 461 g/mol. The van der Waals surface area contributed by atoms with E-state index in [0.29, 0.717) is 5.56 Å². The maximum Gasteiger partial charge on any atom is 0.374 e. The smallest absolute Gasteiger partial charge is 0.374 e. The normalized spacial score (nSPS) is 13.1. The number of hydrogen-bond acceptors (Lipinski definition) is 7. The third-order valence-electron chi connectivity index (χ3n) is 4.67. The van der Waals surface area contributed by atoms with Crippen LogP contribution in [0.15, 0.2) is 59.5 Å². The van der Waals surface area contributed by atoms with Crippen LogP contribution in [-0.4, -0.2) is 45.4 Å². The van der Waals surface area contributed by atoms with Crippen molar-refractivity contribution in [1.82, 2.24) is 4.72 Å². The lowest BCUT2D eigenvalue weighted by molar-refractivity contribution is -0.158. The summed E-state index contributed by atoms with van der Waals surface area (Å²) in [5.41, 5.74) is 1.49. The highest BCUT2D eigenvalue weighted by Gasteiger charge is 2.41. The fourth-order valence-electron chi connectivity index (χ4n) is 3.06. The van der Waals surface area contributed by atoms with Crippen LogP contribution in [0.4, 0.5) is 0 Å². The van der Waals surface area contributed by atoms with Crippen molar-refractivity contribution in [2.75, 3.05) is 13.2 Å². The van der Waals surface area contributed by atoms with E-state index in [1.54, 1.807) is 63.2 Å². The van der Waals surface area contributed by atoms with Gasteiger partial charge in [-0.25, -0.2) is 13.2 Å². The Morgan fingerprint density at radius 1 is 0.906 bits per heavy atom. The van der Waals surface area contributed by atoms with E-state index >= 15 is 0 Å². The molecule has 0 spiro atoms. The van der Waals surface area contributed by atoms with Crippen molar-refractivity contribution in [2.24, 2.45) is 5.92 Å². The maximum atomic E-state index is 13.0. The lowest BCUT2D eigenvalue weighted by Crippen LogP contribution is -2.51. The Morgan fingerprint density at radius 2 is 1.50 bits per heavy atom. The molecule has 0 aliphatic rings. The van der Waals surface area contributed by atoms with Crippen LogP contribution in [0.2, 0.25) is 0 Å². The molecule has 0 bridgehead atoms. The Balaban J connectivity index is 2.48. The van der Waals surface area contributed by atoms with Gasteiger partial charge in [0.15, 0.2) is 0 Å². The van der Waals surface area contributed by atoms with E-state index in [1.165, 1.54) is 12.1 Å². The number of aryl methyl sites for hydroxylation is 1. The van der Waals surface area contributed by atoms with Crippen molar-refractivity contribution >= 4 is 27.7 Å². The average molecular weight is 462 g/mol. The molecule has 32 heavy (non-hydrogen) atoms. The molecule has 0 fully saturated rings. The van der Waals surface area contributed by atoms with Crippen molar-refractivity contribution in [3.63, 3.8) is 0 Å². The number of rotatable bonds is 11. The van der Waals surface area contributed by atoms with Crippen molar-refractivity contribution < 1.29 is 32.3 Å². The van der Waals surface area contributed by atoms with Crippen molar-refractivity contribution in [2.45, 2.75) is 38.1 Å². The van der Waals surface area contributed by atoms with Gasteiger partial charge in [0.1, 0.15) is 6.04 Å². The fraction of sp³-hybridized carbons (Fsp3) is 0.348. The van der Waals surface area contributed by atoms with E-state index in [-0.39, 0.29) is 24.5 Å². The Morgan fingerprint density at radius 3 is 2.06 bits per heavy atom. The molecule has 0 aliphatic carbocycles. The van der Waals surface area contributed by atoms with E-state index in [0.717, 1.165) is 5.56 Å².